The molecule has 0 aliphatic rings. The molecular weight excluding hydrogens is 307 g/mol. The first-order valence-electron chi connectivity index (χ1n) is 4.79. The third kappa shape index (κ3) is 2.80. The Morgan fingerprint density at radius 3 is 2.72 bits per heavy atom. The molecule has 92 valence electrons. The Labute approximate surface area is 110 Å². The standard InChI is InChI=1S/C11H6BrFN2O3/c12-7-1-4-11(14-6-7)18-10-3-2-8(13)5-9(10)15(16)17/h1-6H. The van der Waals surface area contributed by atoms with Gasteiger partial charge >= 0.3 is 5.69 Å². The maximum atomic E-state index is 12.9. The molecule has 1 aromatic heterocycles. The van der Waals surface area contributed by atoms with Crippen molar-refractivity contribution < 1.29 is 14.1 Å². The van der Waals surface area contributed by atoms with Gasteiger partial charge in [0.05, 0.1) is 11.0 Å². The fourth-order valence-electron chi connectivity index (χ4n) is 1.25. The van der Waals surface area contributed by atoms with Gasteiger partial charge in [0.15, 0.2) is 0 Å². The third-order valence-electron chi connectivity index (χ3n) is 2.03. The number of nitro benzene ring substituents is 1. The second-order valence-electron chi connectivity index (χ2n) is 3.29. The van der Waals surface area contributed by atoms with E-state index in [0.29, 0.717) is 0 Å². The maximum Gasteiger partial charge on any atom is 0.314 e. The van der Waals surface area contributed by atoms with Gasteiger partial charge in [-0.1, -0.05) is 0 Å². The molecule has 0 unspecified atom stereocenters. The summed E-state index contributed by atoms with van der Waals surface area (Å²) in [6.07, 6.45) is 1.49. The van der Waals surface area contributed by atoms with Gasteiger partial charge in [-0.25, -0.2) is 9.37 Å². The number of ether oxygens (including phenoxy) is 1. The van der Waals surface area contributed by atoms with E-state index in [4.69, 9.17) is 4.74 Å². The molecule has 0 amide bonds. The van der Waals surface area contributed by atoms with Crippen molar-refractivity contribution in [2.75, 3.05) is 0 Å². The number of halogens is 2. The zero-order chi connectivity index (χ0) is 13.1. The van der Waals surface area contributed by atoms with Gasteiger partial charge in [-0.15, -0.1) is 0 Å². The molecule has 7 heteroatoms. The number of benzene rings is 1. The maximum absolute atomic E-state index is 12.9. The summed E-state index contributed by atoms with van der Waals surface area (Å²) < 4.78 is 18.9. The van der Waals surface area contributed by atoms with Gasteiger partial charge in [0.25, 0.3) is 0 Å². The zero-order valence-corrected chi connectivity index (χ0v) is 10.4. The normalized spacial score (nSPS) is 10.1. The summed E-state index contributed by atoms with van der Waals surface area (Å²) in [5, 5.41) is 10.7. The predicted octanol–water partition coefficient (Wildman–Crippen LogP) is 3.68. The van der Waals surface area contributed by atoms with E-state index in [1.54, 1.807) is 6.07 Å². The molecule has 1 heterocycles. The monoisotopic (exact) mass is 312 g/mol. The molecule has 0 radical (unpaired) electrons. The molecule has 2 aromatic rings. The summed E-state index contributed by atoms with van der Waals surface area (Å²) in [5.74, 6) is -0.568. The molecule has 5 nitrogen and oxygen atoms in total. The Bertz CT molecular complexity index is 589. The number of aromatic nitrogens is 1. The average molecular weight is 313 g/mol. The number of hydrogen-bond donors (Lipinski definition) is 0. The molecule has 2 rings (SSSR count). The Morgan fingerprint density at radius 1 is 1.33 bits per heavy atom. The van der Waals surface area contributed by atoms with Gasteiger partial charge in [0.1, 0.15) is 5.82 Å². The fraction of sp³-hybridized carbons (Fsp3) is 0. The molecule has 0 spiro atoms. The first-order chi connectivity index (χ1) is 8.56. The van der Waals surface area contributed by atoms with Crippen molar-refractivity contribution in [1.29, 1.82) is 0 Å². The van der Waals surface area contributed by atoms with E-state index in [2.05, 4.69) is 20.9 Å². The van der Waals surface area contributed by atoms with Crippen molar-refractivity contribution in [3.05, 3.63) is 56.9 Å². The van der Waals surface area contributed by atoms with Crippen LogP contribution in [0, 0.1) is 15.9 Å². The Hall–Kier alpha value is -2.02. The summed E-state index contributed by atoms with van der Waals surface area (Å²) in [6, 6.07) is 6.29. The molecule has 1 aromatic carbocycles. The van der Waals surface area contributed by atoms with Crippen molar-refractivity contribution in [3.8, 4) is 11.6 Å². The van der Waals surface area contributed by atoms with Crippen LogP contribution in [0.2, 0.25) is 0 Å². The Kier molecular flexibility index (Phi) is 3.52. The van der Waals surface area contributed by atoms with Crippen LogP contribution in [0.5, 0.6) is 11.6 Å². The van der Waals surface area contributed by atoms with Gasteiger partial charge in [0.2, 0.25) is 11.6 Å². The summed E-state index contributed by atoms with van der Waals surface area (Å²) in [5.41, 5.74) is -0.445. The molecule has 0 saturated carbocycles. The molecule has 0 atom stereocenters. The van der Waals surface area contributed by atoms with Crippen LogP contribution in [-0.4, -0.2) is 9.91 Å². The highest BCUT2D eigenvalue weighted by molar-refractivity contribution is 9.10. The lowest BCUT2D eigenvalue weighted by Gasteiger charge is -2.05. The summed E-state index contributed by atoms with van der Waals surface area (Å²) in [7, 11) is 0. The van der Waals surface area contributed by atoms with E-state index >= 15 is 0 Å². The number of pyridine rings is 1. The van der Waals surface area contributed by atoms with E-state index in [1.165, 1.54) is 18.3 Å². The quantitative estimate of drug-likeness (QED) is 0.640. The first kappa shape index (κ1) is 12.4. The largest absolute Gasteiger partial charge is 0.432 e. The Morgan fingerprint density at radius 2 is 2.11 bits per heavy atom. The summed E-state index contributed by atoms with van der Waals surface area (Å²) >= 11 is 3.20. The van der Waals surface area contributed by atoms with Gasteiger partial charge in [-0.2, -0.15) is 0 Å². The first-order valence-corrected chi connectivity index (χ1v) is 5.59. The molecule has 0 aliphatic heterocycles. The summed E-state index contributed by atoms with van der Waals surface area (Å²) in [6.45, 7) is 0. The molecule has 0 aliphatic carbocycles. The van der Waals surface area contributed by atoms with Gasteiger partial charge in [-0.3, -0.25) is 10.1 Å². The van der Waals surface area contributed by atoms with Crippen LogP contribution in [0.1, 0.15) is 0 Å². The van der Waals surface area contributed by atoms with E-state index < -0.39 is 16.4 Å². The molecule has 0 bridgehead atoms. The van der Waals surface area contributed by atoms with E-state index in [-0.39, 0.29) is 11.6 Å². The number of hydrogen-bond acceptors (Lipinski definition) is 4. The highest BCUT2D eigenvalue weighted by Crippen LogP contribution is 2.31. The number of nitrogens with zero attached hydrogens (tertiary/aromatic N) is 2. The highest BCUT2D eigenvalue weighted by Gasteiger charge is 2.17. The minimum absolute atomic E-state index is 0.0591. The fourth-order valence-corrected chi connectivity index (χ4v) is 1.49. The number of rotatable bonds is 3. The second kappa shape index (κ2) is 5.09. The Balaban J connectivity index is 2.34. The van der Waals surface area contributed by atoms with E-state index in [9.17, 15) is 14.5 Å². The molecular formula is C11H6BrFN2O3. The van der Waals surface area contributed by atoms with Crippen molar-refractivity contribution >= 4 is 21.6 Å². The van der Waals surface area contributed by atoms with Gasteiger partial charge in [0, 0.05) is 16.7 Å². The second-order valence-corrected chi connectivity index (χ2v) is 4.20. The lowest BCUT2D eigenvalue weighted by Crippen LogP contribution is -1.95. The smallest absolute Gasteiger partial charge is 0.314 e. The van der Waals surface area contributed by atoms with Crippen LogP contribution in [0.3, 0.4) is 0 Å². The minimum Gasteiger partial charge on any atom is -0.432 e. The molecule has 0 N–H and O–H groups in total. The van der Waals surface area contributed by atoms with Crippen LogP contribution >= 0.6 is 15.9 Å². The SMILES string of the molecule is O=[N+]([O-])c1cc(F)ccc1Oc1ccc(Br)cn1. The van der Waals surface area contributed by atoms with Crippen LogP contribution in [0.25, 0.3) is 0 Å². The lowest BCUT2D eigenvalue weighted by molar-refractivity contribution is -0.385. The van der Waals surface area contributed by atoms with Crippen LogP contribution < -0.4 is 4.74 Å². The number of nitro groups is 1. The molecule has 0 fully saturated rings. The van der Waals surface area contributed by atoms with E-state index in [1.807, 2.05) is 0 Å². The predicted molar refractivity (Wildman–Crippen MR) is 65.1 cm³/mol. The van der Waals surface area contributed by atoms with Gasteiger partial charge < -0.3 is 4.74 Å². The molecule has 18 heavy (non-hydrogen) atoms. The van der Waals surface area contributed by atoms with Crippen LogP contribution in [0.4, 0.5) is 10.1 Å². The zero-order valence-electron chi connectivity index (χ0n) is 8.84. The van der Waals surface area contributed by atoms with Crippen molar-refractivity contribution in [1.82, 2.24) is 4.98 Å². The minimum atomic E-state index is -0.711. The molecule has 0 saturated heterocycles. The lowest BCUT2D eigenvalue weighted by atomic mass is 10.3. The summed E-state index contributed by atoms with van der Waals surface area (Å²) in [4.78, 5) is 13.9. The van der Waals surface area contributed by atoms with Crippen LogP contribution in [0.15, 0.2) is 41.0 Å². The van der Waals surface area contributed by atoms with Crippen molar-refractivity contribution in [2.24, 2.45) is 0 Å². The van der Waals surface area contributed by atoms with Crippen molar-refractivity contribution in [2.45, 2.75) is 0 Å². The third-order valence-corrected chi connectivity index (χ3v) is 2.50. The van der Waals surface area contributed by atoms with E-state index in [0.717, 1.165) is 16.6 Å². The van der Waals surface area contributed by atoms with Gasteiger partial charge in [-0.05, 0) is 34.1 Å². The van der Waals surface area contributed by atoms with Crippen molar-refractivity contribution in [3.63, 3.8) is 0 Å². The highest BCUT2D eigenvalue weighted by atomic mass is 79.9. The van der Waals surface area contributed by atoms with Crippen LogP contribution in [-0.2, 0) is 0 Å². The topological polar surface area (TPSA) is 65.3 Å². The average Bonchev–Trinajstić information content (AvgIpc) is 2.34.